The third-order valence-electron chi connectivity index (χ3n) is 3.43. The normalized spacial score (nSPS) is 22.9. The fourth-order valence-corrected chi connectivity index (χ4v) is 2.82. The third-order valence-corrected chi connectivity index (χ3v) is 3.79. The van der Waals surface area contributed by atoms with Gasteiger partial charge in [-0.15, -0.1) is 0 Å². The highest BCUT2D eigenvalue weighted by molar-refractivity contribution is 6.32. The number of aromatic nitrogens is 2. The van der Waals surface area contributed by atoms with Crippen LogP contribution in [0.2, 0.25) is 10.4 Å². The van der Waals surface area contributed by atoms with Crippen LogP contribution in [0.15, 0.2) is 6.07 Å². The minimum Gasteiger partial charge on any atom is -0.310 e. The Morgan fingerprint density at radius 2 is 2.00 bits per heavy atom. The van der Waals surface area contributed by atoms with E-state index in [1.807, 2.05) is 0 Å². The molecule has 2 atom stereocenters. The largest absolute Gasteiger partial charge is 0.391 e. The molecule has 4 nitrogen and oxygen atoms in total. The summed E-state index contributed by atoms with van der Waals surface area (Å²) in [5.41, 5.74) is 0. The molecule has 116 valence electrons. The second kappa shape index (κ2) is 6.36. The second-order valence-corrected chi connectivity index (χ2v) is 5.66. The summed E-state index contributed by atoms with van der Waals surface area (Å²) in [6, 6.07) is 1.29. The Morgan fingerprint density at radius 1 is 1.29 bits per heavy atom. The number of carbonyl (C=O) groups excluding carboxylic acids is 1. The van der Waals surface area contributed by atoms with Gasteiger partial charge in [-0.2, -0.15) is 13.2 Å². The van der Waals surface area contributed by atoms with Gasteiger partial charge in [-0.05, 0) is 30.9 Å². The standard InChI is InChI=1S/C12H12Cl2F3N3O/c13-8-5-9(20-11(14)18-8)19-10(21)6-2-1-3-7(4-6)12(15,16)17/h5-7H,1-4H2,(H,18,19,20,21). The molecule has 0 aliphatic heterocycles. The van der Waals surface area contributed by atoms with Crippen LogP contribution in [-0.2, 0) is 4.79 Å². The lowest BCUT2D eigenvalue weighted by molar-refractivity contribution is -0.185. The van der Waals surface area contributed by atoms with Gasteiger partial charge < -0.3 is 5.32 Å². The number of hydrogen-bond acceptors (Lipinski definition) is 3. The summed E-state index contributed by atoms with van der Waals surface area (Å²) in [7, 11) is 0. The zero-order valence-corrected chi connectivity index (χ0v) is 12.3. The summed E-state index contributed by atoms with van der Waals surface area (Å²) in [5, 5.41) is 2.34. The van der Waals surface area contributed by atoms with Crippen LogP contribution in [0.25, 0.3) is 0 Å². The van der Waals surface area contributed by atoms with Crippen molar-refractivity contribution in [1.29, 1.82) is 0 Å². The molecule has 0 spiro atoms. The Balaban J connectivity index is 2.03. The number of hydrogen-bond donors (Lipinski definition) is 1. The van der Waals surface area contributed by atoms with Gasteiger partial charge in [-0.1, -0.05) is 18.0 Å². The first-order valence-electron chi connectivity index (χ1n) is 6.33. The maximum atomic E-state index is 12.7. The summed E-state index contributed by atoms with van der Waals surface area (Å²) in [4.78, 5) is 19.4. The zero-order valence-electron chi connectivity index (χ0n) is 10.8. The molecule has 1 heterocycles. The summed E-state index contributed by atoms with van der Waals surface area (Å²) in [6.07, 6.45) is -3.61. The molecule has 0 aromatic carbocycles. The van der Waals surface area contributed by atoms with E-state index in [4.69, 9.17) is 23.2 Å². The van der Waals surface area contributed by atoms with Crippen LogP contribution in [0, 0.1) is 11.8 Å². The molecule has 0 radical (unpaired) electrons. The Labute approximate surface area is 129 Å². The Bertz CT molecular complexity index is 519. The number of nitrogens with zero attached hydrogens (tertiary/aromatic N) is 2. The Kier molecular flexibility index (Phi) is 4.93. The molecular weight excluding hydrogens is 330 g/mol. The van der Waals surface area contributed by atoms with Gasteiger partial charge in [0.15, 0.2) is 0 Å². The maximum Gasteiger partial charge on any atom is 0.391 e. The maximum absolute atomic E-state index is 12.7. The van der Waals surface area contributed by atoms with Crippen molar-refractivity contribution in [3.63, 3.8) is 0 Å². The van der Waals surface area contributed by atoms with Crippen molar-refractivity contribution in [2.45, 2.75) is 31.9 Å². The van der Waals surface area contributed by atoms with Crippen LogP contribution < -0.4 is 5.32 Å². The predicted octanol–water partition coefficient (Wildman–Crippen LogP) is 4.09. The van der Waals surface area contributed by atoms with Crippen LogP contribution >= 0.6 is 23.2 Å². The highest BCUT2D eigenvalue weighted by atomic mass is 35.5. The molecule has 9 heteroatoms. The van der Waals surface area contributed by atoms with Gasteiger partial charge in [-0.25, -0.2) is 9.97 Å². The van der Waals surface area contributed by atoms with Crippen molar-refractivity contribution >= 4 is 34.9 Å². The first-order valence-corrected chi connectivity index (χ1v) is 7.09. The van der Waals surface area contributed by atoms with Crippen LogP contribution in [0.3, 0.4) is 0 Å². The van der Waals surface area contributed by atoms with Gasteiger partial charge in [0.25, 0.3) is 0 Å². The van der Waals surface area contributed by atoms with Crippen molar-refractivity contribution in [1.82, 2.24) is 9.97 Å². The SMILES string of the molecule is O=C(Nc1cc(Cl)nc(Cl)n1)C1CCCC(C(F)(F)F)C1. The van der Waals surface area contributed by atoms with Crippen LogP contribution in [0.5, 0.6) is 0 Å². The van der Waals surface area contributed by atoms with Crippen molar-refractivity contribution in [2.24, 2.45) is 11.8 Å². The van der Waals surface area contributed by atoms with Gasteiger partial charge in [-0.3, -0.25) is 4.79 Å². The molecule has 1 amide bonds. The molecule has 0 saturated heterocycles. The summed E-state index contributed by atoms with van der Waals surface area (Å²) >= 11 is 11.3. The molecule has 1 aliphatic carbocycles. The van der Waals surface area contributed by atoms with E-state index in [2.05, 4.69) is 15.3 Å². The van der Waals surface area contributed by atoms with Gasteiger partial charge in [0.2, 0.25) is 11.2 Å². The lowest BCUT2D eigenvalue weighted by Crippen LogP contribution is -2.34. The fourth-order valence-electron chi connectivity index (χ4n) is 2.41. The van der Waals surface area contributed by atoms with Gasteiger partial charge >= 0.3 is 6.18 Å². The smallest absolute Gasteiger partial charge is 0.310 e. The van der Waals surface area contributed by atoms with Crippen LogP contribution in [0.1, 0.15) is 25.7 Å². The first-order chi connectivity index (χ1) is 9.75. The molecule has 21 heavy (non-hydrogen) atoms. The van der Waals surface area contributed by atoms with Crippen molar-refractivity contribution in [3.8, 4) is 0 Å². The molecule has 1 N–H and O–H groups in total. The number of carbonyl (C=O) groups is 1. The molecule has 0 bridgehead atoms. The van der Waals surface area contributed by atoms with E-state index < -0.39 is 23.9 Å². The molecule has 2 rings (SSSR count). The van der Waals surface area contributed by atoms with E-state index in [-0.39, 0.29) is 29.1 Å². The predicted molar refractivity (Wildman–Crippen MR) is 72.2 cm³/mol. The van der Waals surface area contributed by atoms with E-state index in [1.165, 1.54) is 6.07 Å². The number of nitrogens with one attached hydrogen (secondary N) is 1. The molecule has 1 aromatic rings. The molecule has 1 aliphatic rings. The average molecular weight is 342 g/mol. The number of alkyl halides is 3. The van der Waals surface area contributed by atoms with E-state index in [9.17, 15) is 18.0 Å². The van der Waals surface area contributed by atoms with Gasteiger partial charge in [0.05, 0.1) is 5.92 Å². The summed E-state index contributed by atoms with van der Waals surface area (Å²) in [5.74, 6) is -2.55. The van der Waals surface area contributed by atoms with Crippen molar-refractivity contribution in [3.05, 3.63) is 16.5 Å². The molecular formula is C12H12Cl2F3N3O. The molecule has 1 aromatic heterocycles. The third kappa shape index (κ3) is 4.44. The summed E-state index contributed by atoms with van der Waals surface area (Å²) < 4.78 is 38.2. The number of anilines is 1. The van der Waals surface area contributed by atoms with Gasteiger partial charge in [0.1, 0.15) is 11.0 Å². The van der Waals surface area contributed by atoms with Gasteiger partial charge in [0, 0.05) is 12.0 Å². The summed E-state index contributed by atoms with van der Waals surface area (Å²) in [6.45, 7) is 0. The quantitative estimate of drug-likeness (QED) is 0.651. The van der Waals surface area contributed by atoms with Crippen molar-refractivity contribution in [2.75, 3.05) is 5.32 Å². The topological polar surface area (TPSA) is 54.9 Å². The lowest BCUT2D eigenvalue weighted by Gasteiger charge is -2.29. The molecule has 1 saturated carbocycles. The van der Waals surface area contributed by atoms with E-state index in [0.29, 0.717) is 12.8 Å². The monoisotopic (exact) mass is 341 g/mol. The molecule has 2 unspecified atom stereocenters. The first kappa shape index (κ1) is 16.3. The second-order valence-electron chi connectivity index (χ2n) is 4.94. The minimum atomic E-state index is -4.26. The number of rotatable bonds is 2. The fraction of sp³-hybridized carbons (Fsp3) is 0.583. The van der Waals surface area contributed by atoms with E-state index in [1.54, 1.807) is 0 Å². The highest BCUT2D eigenvalue weighted by Gasteiger charge is 2.43. The van der Waals surface area contributed by atoms with Crippen molar-refractivity contribution < 1.29 is 18.0 Å². The Hall–Kier alpha value is -1.08. The lowest BCUT2D eigenvalue weighted by atomic mass is 9.80. The van der Waals surface area contributed by atoms with E-state index in [0.717, 1.165) is 0 Å². The average Bonchev–Trinajstić information content (AvgIpc) is 2.36. The number of amides is 1. The van der Waals surface area contributed by atoms with Crippen LogP contribution in [0.4, 0.5) is 19.0 Å². The zero-order chi connectivity index (χ0) is 15.6. The number of halogens is 5. The minimum absolute atomic E-state index is 0.0436. The Morgan fingerprint density at radius 3 is 2.62 bits per heavy atom. The highest BCUT2D eigenvalue weighted by Crippen LogP contribution is 2.40. The molecule has 1 fully saturated rings. The van der Waals surface area contributed by atoms with E-state index >= 15 is 0 Å². The van der Waals surface area contributed by atoms with Crippen LogP contribution in [-0.4, -0.2) is 22.1 Å².